The molecule has 3 nitrogen and oxygen atoms in total. The van der Waals surface area contributed by atoms with Crippen LogP contribution in [0.3, 0.4) is 0 Å². The van der Waals surface area contributed by atoms with E-state index in [-0.39, 0.29) is 0 Å². The van der Waals surface area contributed by atoms with Crippen molar-refractivity contribution < 1.29 is 14.8 Å². The van der Waals surface area contributed by atoms with Crippen LogP contribution in [0.15, 0.2) is 43.0 Å². The smallest absolute Gasteiger partial charge is 0.435 e. The lowest BCUT2D eigenvalue weighted by Gasteiger charge is -2.09. The van der Waals surface area contributed by atoms with E-state index in [0.29, 0.717) is 11.4 Å². The molecule has 1 rings (SSSR count). The predicted molar refractivity (Wildman–Crippen MR) is 50.2 cm³/mol. The van der Waals surface area contributed by atoms with Gasteiger partial charge in [0, 0.05) is 0 Å². The molecule has 0 aliphatic heterocycles. The molecule has 2 N–H and O–H groups in total. The zero-order valence-corrected chi connectivity index (χ0v) is 7.23. The van der Waals surface area contributed by atoms with Crippen LogP contribution in [-0.4, -0.2) is 17.7 Å². The summed E-state index contributed by atoms with van der Waals surface area (Å²) in [5, 5.41) is 8.87. The molecule has 1 aromatic carbocycles. The number of hydrogen-bond acceptors (Lipinski definition) is 1. The van der Waals surface area contributed by atoms with Gasteiger partial charge in [-0.2, -0.15) is 9.69 Å². The van der Waals surface area contributed by atoms with E-state index in [1.165, 1.54) is 0 Å². The highest BCUT2D eigenvalue weighted by Gasteiger charge is 2.18. The highest BCUT2D eigenvalue weighted by molar-refractivity contribution is 5.58. The van der Waals surface area contributed by atoms with E-state index in [9.17, 15) is 4.79 Å². The summed E-state index contributed by atoms with van der Waals surface area (Å²) in [4.78, 5) is 11.2. The summed E-state index contributed by atoms with van der Waals surface area (Å²) in [7, 11) is 0. The van der Waals surface area contributed by atoms with Crippen LogP contribution in [0.2, 0.25) is 0 Å². The van der Waals surface area contributed by atoms with E-state index >= 15 is 0 Å². The van der Waals surface area contributed by atoms with Gasteiger partial charge in [0.25, 0.3) is 0 Å². The second-order valence-corrected chi connectivity index (χ2v) is 2.64. The highest BCUT2D eigenvalue weighted by Crippen LogP contribution is 1.98. The van der Waals surface area contributed by atoms with Crippen molar-refractivity contribution in [2.75, 3.05) is 6.54 Å². The number of benzene rings is 1. The van der Waals surface area contributed by atoms with Crippen LogP contribution in [0, 0.1) is 0 Å². The number of para-hydroxylation sites is 1. The molecule has 0 bridgehead atoms. The monoisotopic (exact) mass is 178 g/mol. The molecule has 0 spiro atoms. The maximum atomic E-state index is 10.8. The van der Waals surface area contributed by atoms with Gasteiger partial charge in [-0.05, 0) is 18.2 Å². The van der Waals surface area contributed by atoms with Crippen molar-refractivity contribution in [1.82, 2.24) is 0 Å². The number of carbonyl (C=O) groups is 1. The van der Waals surface area contributed by atoms with E-state index in [0.717, 1.165) is 5.69 Å². The van der Waals surface area contributed by atoms with Crippen LogP contribution in [0.4, 0.5) is 10.5 Å². The van der Waals surface area contributed by atoms with E-state index in [4.69, 9.17) is 5.11 Å². The average Bonchev–Trinajstić information content (AvgIpc) is 2.15. The lowest BCUT2D eigenvalue weighted by Crippen LogP contribution is -3.09. The first-order chi connectivity index (χ1) is 6.25. The standard InChI is InChI=1S/C10H11NO2/c1-2-8-11(10(12)13)9-6-4-3-5-7-9/h2-7H,1,8H2,(H,12,13)/p+1. The summed E-state index contributed by atoms with van der Waals surface area (Å²) in [5.41, 5.74) is 0.745. The minimum absolute atomic E-state index is 0.385. The highest BCUT2D eigenvalue weighted by atomic mass is 16.4. The van der Waals surface area contributed by atoms with Gasteiger partial charge in [0.15, 0.2) is 0 Å². The van der Waals surface area contributed by atoms with Crippen molar-refractivity contribution >= 4 is 11.8 Å². The Kier molecular flexibility index (Phi) is 3.23. The van der Waals surface area contributed by atoms with Gasteiger partial charge < -0.3 is 5.11 Å². The molecule has 1 unspecified atom stereocenters. The fourth-order valence-electron chi connectivity index (χ4n) is 1.11. The maximum Gasteiger partial charge on any atom is 0.517 e. The molecule has 0 aromatic heterocycles. The fraction of sp³-hybridized carbons (Fsp3) is 0.100. The first kappa shape index (κ1) is 9.48. The Hall–Kier alpha value is -1.61. The Bertz CT molecular complexity index is 295. The largest absolute Gasteiger partial charge is 0.517 e. The van der Waals surface area contributed by atoms with E-state index in [1.54, 1.807) is 18.2 Å². The van der Waals surface area contributed by atoms with Gasteiger partial charge in [-0.15, -0.1) is 0 Å². The lowest BCUT2D eigenvalue weighted by molar-refractivity contribution is -0.744. The molecule has 0 saturated carbocycles. The predicted octanol–water partition coefficient (Wildman–Crippen LogP) is 1.07. The molecular weight excluding hydrogens is 166 g/mol. The Morgan fingerprint density at radius 2 is 2.08 bits per heavy atom. The number of nitrogens with one attached hydrogen (secondary N) is 1. The van der Waals surface area contributed by atoms with Crippen molar-refractivity contribution in [3.05, 3.63) is 43.0 Å². The number of carboxylic acid groups (broad SMARTS) is 1. The van der Waals surface area contributed by atoms with Gasteiger partial charge in [0.05, 0.1) is 0 Å². The molecule has 0 saturated heterocycles. The normalized spacial score (nSPS) is 12.0. The fourth-order valence-corrected chi connectivity index (χ4v) is 1.11. The summed E-state index contributed by atoms with van der Waals surface area (Å²) in [6.45, 7) is 3.91. The van der Waals surface area contributed by atoms with Gasteiger partial charge in [-0.25, -0.2) is 0 Å². The molecule has 0 heterocycles. The molecule has 0 fully saturated rings. The molecule has 1 atom stereocenters. The van der Waals surface area contributed by atoms with Gasteiger partial charge in [-0.3, -0.25) is 0 Å². The third-order valence-electron chi connectivity index (χ3n) is 1.73. The molecule has 3 heteroatoms. The summed E-state index contributed by atoms with van der Waals surface area (Å²) in [5.74, 6) is 0. The Labute approximate surface area is 76.9 Å². The summed E-state index contributed by atoms with van der Waals surface area (Å²) >= 11 is 0. The summed E-state index contributed by atoms with van der Waals surface area (Å²) in [6.07, 6.45) is 0.710. The minimum atomic E-state index is -0.883. The Balaban J connectivity index is 2.88. The topological polar surface area (TPSA) is 41.7 Å². The van der Waals surface area contributed by atoms with Crippen LogP contribution >= 0.6 is 0 Å². The zero-order chi connectivity index (χ0) is 9.68. The van der Waals surface area contributed by atoms with Crippen LogP contribution in [-0.2, 0) is 0 Å². The number of rotatable bonds is 3. The Morgan fingerprint density at radius 1 is 1.46 bits per heavy atom. The zero-order valence-electron chi connectivity index (χ0n) is 7.23. The lowest BCUT2D eigenvalue weighted by atomic mass is 10.3. The van der Waals surface area contributed by atoms with Gasteiger partial charge in [-0.1, -0.05) is 24.8 Å². The van der Waals surface area contributed by atoms with Gasteiger partial charge >= 0.3 is 6.09 Å². The Morgan fingerprint density at radius 3 is 2.54 bits per heavy atom. The van der Waals surface area contributed by atoms with Gasteiger partial charge in [0.1, 0.15) is 12.2 Å². The minimum Gasteiger partial charge on any atom is -0.435 e. The van der Waals surface area contributed by atoms with Crippen molar-refractivity contribution in [1.29, 1.82) is 0 Å². The molecule has 0 aliphatic carbocycles. The first-order valence-corrected chi connectivity index (χ1v) is 4.01. The summed E-state index contributed by atoms with van der Waals surface area (Å²) in [6, 6.07) is 9.07. The molecule has 1 aromatic rings. The van der Waals surface area contributed by atoms with Crippen molar-refractivity contribution in [3.8, 4) is 0 Å². The number of quaternary nitrogens is 1. The maximum absolute atomic E-state index is 10.8. The number of hydrogen-bond donors (Lipinski definition) is 2. The molecule has 0 radical (unpaired) electrons. The second-order valence-electron chi connectivity index (χ2n) is 2.64. The third-order valence-corrected chi connectivity index (χ3v) is 1.73. The third kappa shape index (κ3) is 2.42. The average molecular weight is 178 g/mol. The van der Waals surface area contributed by atoms with Crippen LogP contribution in [0.1, 0.15) is 0 Å². The summed E-state index contributed by atoms with van der Waals surface area (Å²) < 4.78 is 0. The van der Waals surface area contributed by atoms with Crippen LogP contribution in [0.5, 0.6) is 0 Å². The first-order valence-electron chi connectivity index (χ1n) is 4.01. The molecular formula is C10H12NO2+. The second kappa shape index (κ2) is 4.42. The van der Waals surface area contributed by atoms with Gasteiger partial charge in [0.2, 0.25) is 0 Å². The van der Waals surface area contributed by atoms with E-state index in [2.05, 4.69) is 6.58 Å². The van der Waals surface area contributed by atoms with Crippen molar-refractivity contribution in [3.63, 3.8) is 0 Å². The van der Waals surface area contributed by atoms with E-state index in [1.807, 2.05) is 18.2 Å². The van der Waals surface area contributed by atoms with Crippen molar-refractivity contribution in [2.24, 2.45) is 0 Å². The number of amides is 1. The molecule has 13 heavy (non-hydrogen) atoms. The quantitative estimate of drug-likeness (QED) is 0.680. The SMILES string of the molecule is C=CC[NH+](C(=O)O)c1ccccc1. The van der Waals surface area contributed by atoms with Crippen LogP contribution < -0.4 is 4.90 Å². The van der Waals surface area contributed by atoms with Crippen LogP contribution in [0.25, 0.3) is 0 Å². The molecule has 68 valence electrons. The van der Waals surface area contributed by atoms with E-state index < -0.39 is 6.09 Å². The molecule has 0 aliphatic rings. The molecule has 1 amide bonds. The van der Waals surface area contributed by atoms with Crippen molar-refractivity contribution in [2.45, 2.75) is 0 Å².